The Balaban J connectivity index is 2.04. The highest BCUT2D eigenvalue weighted by atomic mass is 35.5. The minimum atomic E-state index is -0.754. The molecule has 7 nitrogen and oxygen atoms in total. The van der Waals surface area contributed by atoms with Crippen molar-refractivity contribution in [2.75, 3.05) is 7.11 Å². The third-order valence-corrected chi connectivity index (χ3v) is 9.10. The lowest BCUT2D eigenvalue weighted by Crippen LogP contribution is -2.35. The normalized spacial score (nSPS) is 12.2. The first-order valence-corrected chi connectivity index (χ1v) is 17.9. The van der Waals surface area contributed by atoms with Gasteiger partial charge in [0.25, 0.3) is 0 Å². The molecule has 2 N–H and O–H groups in total. The van der Waals surface area contributed by atoms with Crippen LogP contribution >= 0.6 is 11.6 Å². The molecule has 0 aliphatic heterocycles. The zero-order chi connectivity index (χ0) is 35.0. The summed E-state index contributed by atoms with van der Waals surface area (Å²) >= 11 is 6.44. The average molecular weight is 672 g/mol. The Labute approximate surface area is 288 Å². The first-order chi connectivity index (χ1) is 22.3. The zero-order valence-electron chi connectivity index (χ0n) is 29.8. The third-order valence-electron chi connectivity index (χ3n) is 8.72. The largest absolute Gasteiger partial charge is 0.495 e. The molecule has 2 aromatic rings. The van der Waals surface area contributed by atoms with E-state index in [1.807, 2.05) is 20.8 Å². The van der Waals surface area contributed by atoms with E-state index < -0.39 is 18.0 Å². The second kappa shape index (κ2) is 20.5. The first-order valence-electron chi connectivity index (χ1n) is 17.5. The summed E-state index contributed by atoms with van der Waals surface area (Å²) in [5, 5.41) is 0.116. The van der Waals surface area contributed by atoms with E-state index in [1.165, 1.54) is 89.5 Å². The van der Waals surface area contributed by atoms with Gasteiger partial charge in [-0.15, -0.1) is 0 Å². The van der Waals surface area contributed by atoms with Crippen molar-refractivity contribution in [3.05, 3.63) is 52.0 Å². The average Bonchev–Trinajstić information content (AvgIpc) is 3.01. The molecule has 2 aromatic carbocycles. The number of hydrogen-bond acceptors (Lipinski definition) is 7. The van der Waals surface area contributed by atoms with Crippen molar-refractivity contribution in [2.24, 2.45) is 17.1 Å². The number of methoxy groups -OCH3 is 1. The SMILES string of the molecule is CCCCCCCCCCCCCCC(C)(C)CC(=O)Oc1cc(C(=O)C(N)C(C)C)ccc1OC(=O)c1ccc(C)c(OC)c1Cl. The van der Waals surface area contributed by atoms with E-state index in [0.29, 0.717) is 5.75 Å². The quantitative estimate of drug-likeness (QED) is 0.0574. The van der Waals surface area contributed by atoms with E-state index in [-0.39, 0.29) is 51.2 Å². The van der Waals surface area contributed by atoms with Gasteiger partial charge in [0.2, 0.25) is 0 Å². The number of unbranched alkanes of at least 4 members (excludes halogenated alkanes) is 11. The van der Waals surface area contributed by atoms with Crippen molar-refractivity contribution >= 4 is 29.3 Å². The molecule has 0 radical (unpaired) electrons. The van der Waals surface area contributed by atoms with Crippen molar-refractivity contribution in [3.8, 4) is 17.2 Å². The Kier molecular flexibility index (Phi) is 17.5. The van der Waals surface area contributed by atoms with E-state index in [2.05, 4.69) is 20.8 Å². The standard InChI is InChI=1S/C39H58ClNO6/c1-8-9-10-11-12-13-14-15-16-17-18-19-24-39(5,6)26-33(42)46-32-25-29(36(43)35(41)27(2)3)21-23-31(32)47-38(44)30-22-20-28(4)37(45-7)34(30)40/h20-23,25,27,35H,8-19,24,26,41H2,1-7H3. The van der Waals surface area contributed by atoms with Crippen LogP contribution in [0.1, 0.15) is 151 Å². The highest BCUT2D eigenvalue weighted by Gasteiger charge is 2.27. The van der Waals surface area contributed by atoms with Gasteiger partial charge in [-0.1, -0.05) is 129 Å². The summed E-state index contributed by atoms with van der Waals surface area (Å²) in [6, 6.07) is 6.89. The van der Waals surface area contributed by atoms with Gasteiger partial charge < -0.3 is 19.9 Å². The monoisotopic (exact) mass is 671 g/mol. The summed E-state index contributed by atoms with van der Waals surface area (Å²) < 4.78 is 16.8. The predicted molar refractivity (Wildman–Crippen MR) is 191 cm³/mol. The van der Waals surface area contributed by atoms with Crippen LogP contribution < -0.4 is 19.9 Å². The molecule has 262 valence electrons. The number of esters is 2. The minimum absolute atomic E-state index is 0.00704. The Morgan fingerprint density at radius 3 is 1.96 bits per heavy atom. The molecular weight excluding hydrogens is 614 g/mol. The number of rotatable bonds is 22. The van der Waals surface area contributed by atoms with Gasteiger partial charge in [0, 0.05) is 5.56 Å². The lowest BCUT2D eigenvalue weighted by Gasteiger charge is -2.24. The highest BCUT2D eigenvalue weighted by Crippen LogP contribution is 2.36. The van der Waals surface area contributed by atoms with Gasteiger partial charge in [0.05, 0.1) is 30.2 Å². The molecule has 0 heterocycles. The summed E-state index contributed by atoms with van der Waals surface area (Å²) in [6.45, 7) is 11.9. The van der Waals surface area contributed by atoms with Crippen LogP contribution in [0.25, 0.3) is 0 Å². The van der Waals surface area contributed by atoms with Crippen LogP contribution in [0, 0.1) is 18.3 Å². The van der Waals surface area contributed by atoms with Gasteiger partial charge in [-0.25, -0.2) is 4.79 Å². The maximum absolute atomic E-state index is 13.2. The number of ketones is 1. The molecule has 0 saturated carbocycles. The fraction of sp³-hybridized carbons (Fsp3) is 0.615. The van der Waals surface area contributed by atoms with Crippen LogP contribution in [0.15, 0.2) is 30.3 Å². The van der Waals surface area contributed by atoms with Crippen LogP contribution in [0.4, 0.5) is 0 Å². The predicted octanol–water partition coefficient (Wildman–Crippen LogP) is 10.5. The van der Waals surface area contributed by atoms with Gasteiger partial charge >= 0.3 is 11.9 Å². The summed E-state index contributed by atoms with van der Waals surface area (Å²) in [7, 11) is 1.47. The number of benzene rings is 2. The van der Waals surface area contributed by atoms with Gasteiger partial charge in [0.1, 0.15) is 5.75 Å². The summed E-state index contributed by atoms with van der Waals surface area (Å²) in [4.78, 5) is 39.5. The zero-order valence-corrected chi connectivity index (χ0v) is 30.6. The molecule has 8 heteroatoms. The van der Waals surface area contributed by atoms with E-state index in [9.17, 15) is 14.4 Å². The molecule has 0 aliphatic rings. The molecule has 1 unspecified atom stereocenters. The van der Waals surface area contributed by atoms with E-state index in [0.717, 1.165) is 24.8 Å². The van der Waals surface area contributed by atoms with Crippen molar-refractivity contribution in [2.45, 2.75) is 137 Å². The lowest BCUT2D eigenvalue weighted by atomic mass is 9.83. The Hall–Kier alpha value is -2.90. The van der Waals surface area contributed by atoms with Crippen LogP contribution in [-0.2, 0) is 4.79 Å². The van der Waals surface area contributed by atoms with Gasteiger partial charge in [0.15, 0.2) is 17.3 Å². The molecule has 0 aromatic heterocycles. The second-order valence-electron chi connectivity index (χ2n) is 13.9. The molecule has 0 aliphatic carbocycles. The van der Waals surface area contributed by atoms with Gasteiger partial charge in [-0.2, -0.15) is 0 Å². The van der Waals surface area contributed by atoms with Crippen molar-refractivity contribution in [1.29, 1.82) is 0 Å². The van der Waals surface area contributed by atoms with Crippen molar-refractivity contribution < 1.29 is 28.6 Å². The van der Waals surface area contributed by atoms with Crippen LogP contribution in [-0.4, -0.2) is 30.9 Å². The first kappa shape index (κ1) is 40.3. The topological polar surface area (TPSA) is 105 Å². The number of Topliss-reactive ketones (excluding diaryl/α,β-unsaturated/α-hetero) is 1. The fourth-order valence-corrected chi connectivity index (χ4v) is 5.99. The number of hydrogen-bond donors (Lipinski definition) is 1. The van der Waals surface area contributed by atoms with Crippen molar-refractivity contribution in [1.82, 2.24) is 0 Å². The van der Waals surface area contributed by atoms with E-state index >= 15 is 0 Å². The number of halogens is 1. The number of carbonyl (C=O) groups excluding carboxylic acids is 3. The Bertz CT molecular complexity index is 1300. The number of carbonyl (C=O) groups is 3. The second-order valence-corrected chi connectivity index (χ2v) is 14.3. The van der Waals surface area contributed by atoms with Gasteiger partial charge in [-0.3, -0.25) is 9.59 Å². The lowest BCUT2D eigenvalue weighted by molar-refractivity contribution is -0.136. The number of ether oxygens (including phenoxy) is 3. The molecule has 2 rings (SSSR count). The van der Waals surface area contributed by atoms with Crippen LogP contribution in [0.3, 0.4) is 0 Å². The minimum Gasteiger partial charge on any atom is -0.495 e. The fourth-order valence-electron chi connectivity index (χ4n) is 5.62. The molecule has 0 amide bonds. The van der Waals surface area contributed by atoms with Crippen molar-refractivity contribution in [3.63, 3.8) is 0 Å². The molecule has 0 bridgehead atoms. The molecule has 0 fully saturated rings. The maximum Gasteiger partial charge on any atom is 0.345 e. The third kappa shape index (κ3) is 13.6. The van der Waals surface area contributed by atoms with E-state index in [4.69, 9.17) is 31.5 Å². The highest BCUT2D eigenvalue weighted by molar-refractivity contribution is 6.35. The van der Waals surface area contributed by atoms with Crippen LogP contribution in [0.5, 0.6) is 17.2 Å². The molecule has 1 atom stereocenters. The van der Waals surface area contributed by atoms with Crippen LogP contribution in [0.2, 0.25) is 5.02 Å². The van der Waals surface area contributed by atoms with Gasteiger partial charge in [-0.05, 0) is 54.5 Å². The smallest absolute Gasteiger partial charge is 0.345 e. The molecule has 0 spiro atoms. The summed E-state index contributed by atoms with van der Waals surface area (Å²) in [6.07, 6.45) is 16.4. The molecule has 47 heavy (non-hydrogen) atoms. The Morgan fingerprint density at radius 2 is 1.40 bits per heavy atom. The maximum atomic E-state index is 13.2. The van der Waals surface area contributed by atoms with E-state index in [1.54, 1.807) is 12.1 Å². The number of aryl methyl sites for hydroxylation is 1. The summed E-state index contributed by atoms with van der Waals surface area (Å²) in [5.41, 5.74) is 6.96. The molecule has 0 saturated heterocycles. The number of nitrogens with two attached hydrogens (primary N) is 1. The Morgan fingerprint density at radius 1 is 0.830 bits per heavy atom. The summed E-state index contributed by atoms with van der Waals surface area (Å²) in [5.74, 6) is -1.28. The molecular formula is C39H58ClNO6.